The summed E-state index contributed by atoms with van der Waals surface area (Å²) in [5, 5.41) is 0.952. The van der Waals surface area contributed by atoms with Gasteiger partial charge in [0.2, 0.25) is 5.91 Å². The van der Waals surface area contributed by atoms with Crippen LogP contribution in [0.25, 0.3) is 0 Å². The highest BCUT2D eigenvalue weighted by Gasteiger charge is 2.49. The Kier molecular flexibility index (Phi) is 4.33. The van der Waals surface area contributed by atoms with Crippen LogP contribution >= 0.6 is 39.1 Å². The second-order valence-electron chi connectivity index (χ2n) is 6.13. The van der Waals surface area contributed by atoms with E-state index < -0.39 is 0 Å². The number of fused-ring (bicyclic) bond motifs is 1. The fourth-order valence-electron chi connectivity index (χ4n) is 3.69. The maximum absolute atomic E-state index is 13.0. The molecule has 0 N–H and O–H groups in total. The molecule has 0 aliphatic carbocycles. The van der Waals surface area contributed by atoms with Crippen molar-refractivity contribution in [1.82, 2.24) is 4.90 Å². The Hall–Kier alpha value is -1.07. The molecule has 0 radical (unpaired) electrons. The molecule has 2 aromatic rings. The van der Waals surface area contributed by atoms with Crippen LogP contribution in [0.3, 0.4) is 0 Å². The molecule has 2 heterocycles. The molecule has 2 atom stereocenters. The number of nitrogens with zero attached hydrogens (tertiary/aromatic N) is 2. The van der Waals surface area contributed by atoms with E-state index in [1.54, 1.807) is 12.1 Å². The number of anilines is 1. The van der Waals surface area contributed by atoms with Gasteiger partial charge in [-0.05, 0) is 48.7 Å². The zero-order valence-electron chi connectivity index (χ0n) is 12.8. The van der Waals surface area contributed by atoms with E-state index in [0.29, 0.717) is 10.0 Å². The Morgan fingerprint density at radius 3 is 2.67 bits per heavy atom. The zero-order valence-corrected chi connectivity index (χ0v) is 15.9. The average molecular weight is 426 g/mol. The molecule has 0 unspecified atom stereocenters. The maximum Gasteiger partial charge on any atom is 0.246 e. The third-order valence-corrected chi connectivity index (χ3v) is 5.94. The first-order valence-electron chi connectivity index (χ1n) is 7.85. The van der Waals surface area contributed by atoms with Gasteiger partial charge in [-0.25, -0.2) is 0 Å². The minimum absolute atomic E-state index is 0.0524. The van der Waals surface area contributed by atoms with Crippen LogP contribution in [0.2, 0.25) is 10.0 Å². The van der Waals surface area contributed by atoms with Crippen LogP contribution in [0, 0.1) is 0 Å². The van der Waals surface area contributed by atoms with Crippen molar-refractivity contribution in [3.8, 4) is 0 Å². The molecule has 2 aromatic carbocycles. The summed E-state index contributed by atoms with van der Waals surface area (Å²) in [5.74, 6) is 0.135. The monoisotopic (exact) mass is 424 g/mol. The molecule has 2 saturated heterocycles. The van der Waals surface area contributed by atoms with Crippen LogP contribution in [0.1, 0.15) is 24.6 Å². The van der Waals surface area contributed by atoms with E-state index in [4.69, 9.17) is 23.2 Å². The highest BCUT2D eigenvalue weighted by molar-refractivity contribution is 9.10. The first-order chi connectivity index (χ1) is 11.6. The van der Waals surface area contributed by atoms with E-state index >= 15 is 0 Å². The topological polar surface area (TPSA) is 23.6 Å². The second kappa shape index (κ2) is 6.34. The van der Waals surface area contributed by atoms with Crippen molar-refractivity contribution in [2.24, 2.45) is 0 Å². The fraction of sp³-hybridized carbons (Fsp3) is 0.278. The predicted octanol–water partition coefficient (Wildman–Crippen LogP) is 5.27. The highest BCUT2D eigenvalue weighted by atomic mass is 79.9. The van der Waals surface area contributed by atoms with Crippen molar-refractivity contribution in [3.05, 3.63) is 62.5 Å². The number of benzene rings is 2. The molecule has 1 amide bonds. The quantitative estimate of drug-likeness (QED) is 0.654. The molecule has 6 heteroatoms. The lowest BCUT2D eigenvalue weighted by Gasteiger charge is -2.30. The normalized spacial score (nSPS) is 23.8. The molecule has 0 aromatic heterocycles. The number of hydrogen-bond acceptors (Lipinski definition) is 2. The molecule has 124 valence electrons. The van der Waals surface area contributed by atoms with E-state index in [9.17, 15) is 4.79 Å². The van der Waals surface area contributed by atoms with E-state index in [-0.39, 0.29) is 18.1 Å². The van der Waals surface area contributed by atoms with Crippen molar-refractivity contribution in [3.63, 3.8) is 0 Å². The Morgan fingerprint density at radius 2 is 1.92 bits per heavy atom. The number of halogens is 3. The van der Waals surface area contributed by atoms with E-state index in [2.05, 4.69) is 33.0 Å². The lowest BCUT2D eigenvalue weighted by molar-refractivity contribution is -0.119. The van der Waals surface area contributed by atoms with Crippen LogP contribution in [0.4, 0.5) is 5.69 Å². The summed E-state index contributed by atoms with van der Waals surface area (Å²) < 4.78 is 1.00. The van der Waals surface area contributed by atoms with Crippen molar-refractivity contribution < 1.29 is 4.79 Å². The SMILES string of the molecule is O=C1[C@@H]2CCCN2[C@@H](c2cccc(Br)c2)N1c1ccc(Cl)c(Cl)c1. The van der Waals surface area contributed by atoms with Gasteiger partial charge in [-0.3, -0.25) is 14.6 Å². The molecule has 24 heavy (non-hydrogen) atoms. The summed E-state index contributed by atoms with van der Waals surface area (Å²) in [6, 6.07) is 13.5. The Labute approximate surface area is 159 Å². The van der Waals surface area contributed by atoms with Crippen LogP contribution in [0.15, 0.2) is 46.9 Å². The molecule has 0 saturated carbocycles. The molecule has 4 rings (SSSR count). The van der Waals surface area contributed by atoms with Crippen molar-refractivity contribution in [1.29, 1.82) is 0 Å². The standard InChI is InChI=1S/C18H15BrCl2N2O/c19-12-4-1-3-11(9-12)17-22-8-2-5-16(22)18(24)23(17)13-6-7-14(20)15(21)10-13/h1,3-4,6-7,9-10,16-17H,2,5,8H2/t16-,17+/m0/s1. The summed E-state index contributed by atoms with van der Waals surface area (Å²) in [6.07, 6.45) is 1.84. The molecular formula is C18H15BrCl2N2O. The Bertz CT molecular complexity index is 813. The second-order valence-corrected chi connectivity index (χ2v) is 7.86. The van der Waals surface area contributed by atoms with Gasteiger partial charge in [-0.2, -0.15) is 0 Å². The zero-order chi connectivity index (χ0) is 16.8. The van der Waals surface area contributed by atoms with Gasteiger partial charge in [-0.15, -0.1) is 0 Å². The molecule has 0 bridgehead atoms. The van der Waals surface area contributed by atoms with E-state index in [1.807, 2.05) is 23.1 Å². The summed E-state index contributed by atoms with van der Waals surface area (Å²) in [7, 11) is 0. The first-order valence-corrected chi connectivity index (χ1v) is 9.40. The van der Waals surface area contributed by atoms with Crippen molar-refractivity contribution >= 4 is 50.7 Å². The molecule has 2 aliphatic heterocycles. The Morgan fingerprint density at radius 1 is 1.08 bits per heavy atom. The van der Waals surface area contributed by atoms with Crippen LogP contribution in [-0.2, 0) is 4.79 Å². The van der Waals surface area contributed by atoms with Gasteiger partial charge in [0.05, 0.1) is 16.1 Å². The van der Waals surface area contributed by atoms with Crippen LogP contribution in [-0.4, -0.2) is 23.4 Å². The van der Waals surface area contributed by atoms with E-state index in [0.717, 1.165) is 35.1 Å². The minimum Gasteiger partial charge on any atom is -0.290 e. The lowest BCUT2D eigenvalue weighted by Crippen LogP contribution is -2.32. The minimum atomic E-state index is -0.111. The Balaban J connectivity index is 1.83. The van der Waals surface area contributed by atoms with Crippen LogP contribution in [0.5, 0.6) is 0 Å². The van der Waals surface area contributed by atoms with Crippen molar-refractivity contribution in [2.75, 3.05) is 11.4 Å². The largest absolute Gasteiger partial charge is 0.290 e. The predicted molar refractivity (Wildman–Crippen MR) is 101 cm³/mol. The molecule has 3 nitrogen and oxygen atoms in total. The average Bonchev–Trinajstić information content (AvgIpc) is 3.12. The van der Waals surface area contributed by atoms with Gasteiger partial charge >= 0.3 is 0 Å². The van der Waals surface area contributed by atoms with E-state index in [1.165, 1.54) is 0 Å². The summed E-state index contributed by atoms with van der Waals surface area (Å²) in [5.41, 5.74) is 1.88. The lowest BCUT2D eigenvalue weighted by atomic mass is 10.1. The van der Waals surface area contributed by atoms with Gasteiger partial charge in [0.25, 0.3) is 0 Å². The van der Waals surface area contributed by atoms with Crippen molar-refractivity contribution in [2.45, 2.75) is 25.0 Å². The number of carbonyl (C=O) groups excluding carboxylic acids is 1. The molecule has 0 spiro atoms. The third-order valence-electron chi connectivity index (χ3n) is 4.70. The van der Waals surface area contributed by atoms with Gasteiger partial charge in [0.1, 0.15) is 6.17 Å². The van der Waals surface area contributed by atoms with Gasteiger partial charge in [0, 0.05) is 16.7 Å². The number of amides is 1. The summed E-state index contributed by atoms with van der Waals surface area (Å²) in [4.78, 5) is 17.2. The molecule has 2 aliphatic rings. The fourth-order valence-corrected chi connectivity index (χ4v) is 4.40. The smallest absolute Gasteiger partial charge is 0.246 e. The number of carbonyl (C=O) groups is 1. The van der Waals surface area contributed by atoms with Crippen LogP contribution < -0.4 is 4.90 Å². The molecular weight excluding hydrogens is 411 g/mol. The first kappa shape index (κ1) is 16.4. The maximum atomic E-state index is 13.0. The van der Waals surface area contributed by atoms with Gasteiger partial charge < -0.3 is 0 Å². The summed E-state index contributed by atoms with van der Waals surface area (Å²) >= 11 is 15.8. The van der Waals surface area contributed by atoms with Gasteiger partial charge in [-0.1, -0.05) is 51.3 Å². The third kappa shape index (κ3) is 2.66. The van der Waals surface area contributed by atoms with Gasteiger partial charge in [0.15, 0.2) is 0 Å². The summed E-state index contributed by atoms with van der Waals surface area (Å²) in [6.45, 7) is 0.922. The number of rotatable bonds is 2. The number of hydrogen-bond donors (Lipinski definition) is 0. The molecule has 2 fully saturated rings. The highest BCUT2D eigenvalue weighted by Crippen LogP contribution is 2.43.